The molecule has 3 aliphatic rings. The molecule has 0 amide bonds. The fraction of sp³-hybridized carbons (Fsp3) is 0.857. The van der Waals surface area contributed by atoms with E-state index in [2.05, 4.69) is 15.6 Å². The smallest absolute Gasteiger partial charge is 0.188 e. The SMILES string of the molecule is CN[C@@H]1[C@H](O[C@H]2[C@H](O[C@H]3[C@H](O)[C@@H](O)[C@H](N=C(N)N)[C@@H](O)[C@@H]3NC(=N)N)O[C@@H](C)[C@]2(O)C=O)O[C@@H](CO)[C@H](O)[C@H]1O.S. The Labute approximate surface area is 241 Å². The van der Waals surface area contributed by atoms with Crippen LogP contribution in [-0.2, 0) is 23.7 Å². The average Bonchev–Trinajstić information content (AvgIpc) is 3.13. The second-order valence-corrected chi connectivity index (χ2v) is 9.93. The molecular formula is C21H41N7O12S. The zero-order valence-corrected chi connectivity index (χ0v) is 23.2. The Morgan fingerprint density at radius 2 is 1.63 bits per heavy atom. The van der Waals surface area contributed by atoms with Gasteiger partial charge in [0.25, 0.3) is 0 Å². The van der Waals surface area contributed by atoms with Crippen LogP contribution in [0, 0.1) is 5.41 Å². The minimum atomic E-state index is -2.39. The summed E-state index contributed by atoms with van der Waals surface area (Å²) in [4.78, 5) is 15.8. The summed E-state index contributed by atoms with van der Waals surface area (Å²) in [6.07, 6.45) is -17.3. The number of nitrogens with zero attached hydrogens (tertiary/aromatic N) is 1. The molecule has 0 aromatic carbocycles. The number of guanidine groups is 2. The molecule has 3 fully saturated rings. The first-order chi connectivity index (χ1) is 18.7. The second-order valence-electron chi connectivity index (χ2n) is 9.93. The topological polar surface area (TPSA) is 334 Å². The summed E-state index contributed by atoms with van der Waals surface area (Å²) in [5.74, 6) is -1.16. The molecular weight excluding hydrogens is 574 g/mol. The Morgan fingerprint density at radius 1 is 1.00 bits per heavy atom. The molecule has 19 nitrogen and oxygen atoms in total. The third-order valence-electron chi connectivity index (χ3n) is 7.40. The molecule has 0 spiro atoms. The number of aliphatic imine (C=N–C) groups is 1. The molecule has 41 heavy (non-hydrogen) atoms. The molecule has 1 aliphatic carbocycles. The van der Waals surface area contributed by atoms with Crippen LogP contribution in [0.1, 0.15) is 6.92 Å². The van der Waals surface area contributed by atoms with Crippen molar-refractivity contribution < 1.29 is 59.5 Å². The molecule has 20 heteroatoms. The fourth-order valence-corrected chi connectivity index (χ4v) is 5.13. The maximum atomic E-state index is 12.1. The Balaban J connectivity index is 0.00000588. The van der Waals surface area contributed by atoms with Crippen molar-refractivity contribution in [3.8, 4) is 0 Å². The van der Waals surface area contributed by atoms with E-state index in [-0.39, 0.29) is 19.8 Å². The maximum absolute atomic E-state index is 12.1. The lowest BCUT2D eigenvalue weighted by molar-refractivity contribution is -0.314. The predicted octanol–water partition coefficient (Wildman–Crippen LogP) is -7.84. The van der Waals surface area contributed by atoms with E-state index in [0.717, 1.165) is 0 Å². The highest BCUT2D eigenvalue weighted by molar-refractivity contribution is 7.59. The molecule has 3 rings (SSSR count). The van der Waals surface area contributed by atoms with Gasteiger partial charge in [0.05, 0.1) is 24.8 Å². The van der Waals surface area contributed by atoms with E-state index in [1.54, 1.807) is 0 Å². The second kappa shape index (κ2) is 14.0. The van der Waals surface area contributed by atoms with Crippen LogP contribution in [0.25, 0.3) is 0 Å². The monoisotopic (exact) mass is 615 g/mol. The average molecular weight is 616 g/mol. The summed E-state index contributed by atoms with van der Waals surface area (Å²) in [5.41, 5.74) is 13.8. The van der Waals surface area contributed by atoms with Crippen LogP contribution in [0.5, 0.6) is 0 Å². The van der Waals surface area contributed by atoms with Gasteiger partial charge in [-0.1, -0.05) is 0 Å². The predicted molar refractivity (Wildman–Crippen MR) is 143 cm³/mol. The van der Waals surface area contributed by atoms with Crippen molar-refractivity contribution in [3.05, 3.63) is 0 Å². The van der Waals surface area contributed by atoms with Gasteiger partial charge >= 0.3 is 0 Å². The number of hydrogen-bond donors (Lipinski definition) is 13. The first-order valence-corrected chi connectivity index (χ1v) is 12.4. The van der Waals surface area contributed by atoms with Gasteiger partial charge in [-0.3, -0.25) is 10.2 Å². The largest absolute Gasteiger partial charge is 0.394 e. The molecule has 238 valence electrons. The number of ether oxygens (including phenoxy) is 4. The third kappa shape index (κ3) is 6.85. The highest BCUT2D eigenvalue weighted by atomic mass is 32.1. The van der Waals surface area contributed by atoms with E-state index in [1.807, 2.05) is 0 Å². The van der Waals surface area contributed by atoms with Crippen molar-refractivity contribution >= 4 is 31.7 Å². The number of aliphatic hydroxyl groups is 7. The standard InChI is InChI=1S/C21H39N7O12.H2S/c1-5-21(36,4-30)16(40-17-9(26-2)13(34)10(31)6(3-29)38-17)18(37-5)39-15-8(28-20(24)25)11(32)7(27-19(22)23)12(33)14(15)35;/h4-18,26,29,31-36H,3H2,1-2H3,(H4,22,23,27)(H4,24,25,28);1H2/t5-,6-,7+,8-,9-,10-,11+,12-,13-,14+,15+,16-,17-,18-,21+;/m0./s1. The van der Waals surface area contributed by atoms with Gasteiger partial charge in [0.1, 0.15) is 54.9 Å². The van der Waals surface area contributed by atoms with Crippen LogP contribution < -0.4 is 27.8 Å². The highest BCUT2D eigenvalue weighted by Crippen LogP contribution is 2.38. The van der Waals surface area contributed by atoms with Gasteiger partial charge in [0.2, 0.25) is 0 Å². The van der Waals surface area contributed by atoms with Crippen molar-refractivity contribution in [3.63, 3.8) is 0 Å². The van der Waals surface area contributed by atoms with Gasteiger partial charge in [0, 0.05) is 0 Å². The van der Waals surface area contributed by atoms with Crippen LogP contribution in [0.2, 0.25) is 0 Å². The lowest BCUT2D eigenvalue weighted by Gasteiger charge is -2.46. The zero-order valence-electron chi connectivity index (χ0n) is 22.2. The zero-order chi connectivity index (χ0) is 30.1. The number of nitrogens with two attached hydrogens (primary N) is 3. The summed E-state index contributed by atoms with van der Waals surface area (Å²) in [6, 6.07) is -4.02. The number of likely N-dealkylation sites (N-methyl/N-ethyl adjacent to an activating group) is 1. The van der Waals surface area contributed by atoms with Crippen LogP contribution >= 0.6 is 13.5 Å². The molecule has 2 saturated heterocycles. The first-order valence-electron chi connectivity index (χ1n) is 12.4. The summed E-state index contributed by atoms with van der Waals surface area (Å²) >= 11 is 0. The number of hydrogen-bond acceptors (Lipinski definition) is 15. The lowest BCUT2D eigenvalue weighted by Crippen LogP contribution is -2.70. The van der Waals surface area contributed by atoms with E-state index in [9.17, 15) is 40.5 Å². The third-order valence-corrected chi connectivity index (χ3v) is 7.40. The molecule has 0 bridgehead atoms. The molecule has 0 unspecified atom stereocenters. The molecule has 0 aromatic heterocycles. The van der Waals surface area contributed by atoms with Crippen molar-refractivity contribution in [1.82, 2.24) is 10.6 Å². The highest BCUT2D eigenvalue weighted by Gasteiger charge is 2.60. The van der Waals surface area contributed by atoms with Crippen molar-refractivity contribution in [1.29, 1.82) is 5.41 Å². The Hall–Kier alpha value is -1.92. The van der Waals surface area contributed by atoms with E-state index in [4.69, 9.17) is 41.6 Å². The van der Waals surface area contributed by atoms with Gasteiger partial charge in [0.15, 0.2) is 36.4 Å². The first kappa shape index (κ1) is 35.3. The summed E-state index contributed by atoms with van der Waals surface area (Å²) in [5, 5.41) is 86.6. The maximum Gasteiger partial charge on any atom is 0.188 e. The quantitative estimate of drug-likeness (QED) is 0.0650. The fourth-order valence-electron chi connectivity index (χ4n) is 5.13. The van der Waals surface area contributed by atoms with Gasteiger partial charge in [-0.2, -0.15) is 13.5 Å². The number of rotatable bonds is 9. The van der Waals surface area contributed by atoms with E-state index < -0.39 is 110 Å². The molecule has 15 atom stereocenters. The summed E-state index contributed by atoms with van der Waals surface area (Å²) < 4.78 is 22.9. The van der Waals surface area contributed by atoms with Gasteiger partial charge in [-0.05, 0) is 14.0 Å². The van der Waals surface area contributed by atoms with Crippen LogP contribution in [0.4, 0.5) is 0 Å². The van der Waals surface area contributed by atoms with Gasteiger partial charge < -0.3 is 82.5 Å². The summed E-state index contributed by atoms with van der Waals surface area (Å²) in [7, 11) is 1.42. The Morgan fingerprint density at radius 3 is 2.15 bits per heavy atom. The molecule has 0 aromatic rings. The molecule has 2 heterocycles. The molecule has 0 radical (unpaired) electrons. The number of aliphatic hydroxyl groups excluding tert-OH is 6. The normalized spacial score (nSPS) is 46.3. The number of carbonyl (C=O) groups excluding carboxylic acids is 1. The van der Waals surface area contributed by atoms with E-state index >= 15 is 0 Å². The lowest BCUT2D eigenvalue weighted by atomic mass is 9.81. The summed E-state index contributed by atoms with van der Waals surface area (Å²) in [6.45, 7) is 0.616. The number of aldehydes is 1. The number of nitrogens with one attached hydrogen (secondary N) is 3. The molecule has 16 N–H and O–H groups in total. The van der Waals surface area contributed by atoms with Gasteiger partial charge in [-0.25, -0.2) is 4.99 Å². The van der Waals surface area contributed by atoms with E-state index in [1.165, 1.54) is 14.0 Å². The van der Waals surface area contributed by atoms with Crippen molar-refractivity contribution in [2.75, 3.05) is 13.7 Å². The van der Waals surface area contributed by atoms with E-state index in [0.29, 0.717) is 0 Å². The Kier molecular flexibility index (Phi) is 12.1. The minimum absolute atomic E-state index is 0. The number of carbonyl (C=O) groups is 1. The van der Waals surface area contributed by atoms with Crippen LogP contribution in [0.15, 0.2) is 4.99 Å². The van der Waals surface area contributed by atoms with Gasteiger partial charge in [-0.15, -0.1) is 0 Å². The molecule has 2 aliphatic heterocycles. The van der Waals surface area contributed by atoms with Crippen molar-refractivity contribution in [2.24, 2.45) is 22.2 Å². The van der Waals surface area contributed by atoms with Crippen molar-refractivity contribution in [2.45, 2.75) is 98.2 Å². The van der Waals surface area contributed by atoms with Crippen LogP contribution in [-0.4, -0.2) is 159 Å². The Bertz CT molecular complexity index is 937. The minimum Gasteiger partial charge on any atom is -0.394 e. The van der Waals surface area contributed by atoms with Crippen LogP contribution in [0.3, 0.4) is 0 Å². The molecule has 1 saturated carbocycles.